The van der Waals surface area contributed by atoms with Crippen molar-refractivity contribution < 1.29 is 9.21 Å². The average molecular weight is 369 g/mol. The van der Waals surface area contributed by atoms with Crippen molar-refractivity contribution in [2.75, 3.05) is 6.54 Å². The number of halogens is 1. The van der Waals surface area contributed by atoms with Gasteiger partial charge in [-0.2, -0.15) is 0 Å². The fourth-order valence-corrected chi connectivity index (χ4v) is 2.84. The van der Waals surface area contributed by atoms with Crippen molar-refractivity contribution in [2.24, 2.45) is 0 Å². The average Bonchev–Trinajstić information content (AvgIpc) is 3.10. The molecule has 0 aliphatic carbocycles. The highest BCUT2D eigenvalue weighted by Gasteiger charge is 2.09. The molecule has 3 aromatic rings. The summed E-state index contributed by atoms with van der Waals surface area (Å²) in [5.74, 6) is 1.29. The van der Waals surface area contributed by atoms with Crippen LogP contribution in [-0.4, -0.2) is 17.4 Å². The Labute approximate surface area is 158 Å². The summed E-state index contributed by atoms with van der Waals surface area (Å²) in [7, 11) is 0. The Bertz CT molecular complexity index is 872. The monoisotopic (exact) mass is 368 g/mol. The number of aromatic nitrogens is 1. The standard InChI is InChI=1S/C21H21ClN2O2/c1-15-5-7-17(8-6-15)19-14-24-21(26-19)10-9-20(25)23-12-11-16-3-2-4-18(22)13-16/h2-8,13-14H,9-12H2,1H3,(H,23,25). The van der Waals surface area contributed by atoms with Gasteiger partial charge in [0.1, 0.15) is 0 Å². The van der Waals surface area contributed by atoms with Crippen LogP contribution in [0.4, 0.5) is 0 Å². The van der Waals surface area contributed by atoms with E-state index < -0.39 is 0 Å². The first-order valence-corrected chi connectivity index (χ1v) is 9.01. The molecule has 0 aliphatic heterocycles. The molecule has 26 heavy (non-hydrogen) atoms. The van der Waals surface area contributed by atoms with E-state index in [-0.39, 0.29) is 5.91 Å². The van der Waals surface area contributed by atoms with Crippen LogP contribution in [0, 0.1) is 6.92 Å². The zero-order valence-corrected chi connectivity index (χ0v) is 15.4. The number of rotatable bonds is 7. The number of hydrogen-bond acceptors (Lipinski definition) is 3. The molecule has 0 fully saturated rings. The van der Waals surface area contributed by atoms with Crippen LogP contribution in [0.1, 0.15) is 23.4 Å². The third kappa shape index (κ3) is 5.20. The fraction of sp³-hybridized carbons (Fsp3) is 0.238. The third-order valence-electron chi connectivity index (χ3n) is 4.08. The highest BCUT2D eigenvalue weighted by molar-refractivity contribution is 6.30. The molecule has 0 aliphatic rings. The minimum atomic E-state index is -0.0119. The van der Waals surface area contributed by atoms with E-state index in [4.69, 9.17) is 16.0 Å². The summed E-state index contributed by atoms with van der Waals surface area (Å²) < 4.78 is 5.74. The van der Waals surface area contributed by atoms with Crippen LogP contribution in [0.25, 0.3) is 11.3 Å². The van der Waals surface area contributed by atoms with Crippen LogP contribution in [-0.2, 0) is 17.6 Å². The van der Waals surface area contributed by atoms with Gasteiger partial charge in [-0.15, -0.1) is 0 Å². The minimum Gasteiger partial charge on any atom is -0.441 e. The van der Waals surface area contributed by atoms with E-state index >= 15 is 0 Å². The van der Waals surface area contributed by atoms with E-state index in [9.17, 15) is 4.79 Å². The molecule has 0 unspecified atom stereocenters. The van der Waals surface area contributed by atoms with Crippen LogP contribution in [0.5, 0.6) is 0 Å². The first-order chi connectivity index (χ1) is 12.6. The molecule has 1 heterocycles. The number of oxazole rings is 1. The zero-order valence-electron chi connectivity index (χ0n) is 14.7. The molecule has 0 spiro atoms. The molecule has 0 bridgehead atoms. The molecule has 0 saturated carbocycles. The molecule has 0 saturated heterocycles. The highest BCUT2D eigenvalue weighted by atomic mass is 35.5. The number of nitrogens with one attached hydrogen (secondary N) is 1. The van der Waals surface area contributed by atoms with Gasteiger partial charge in [0, 0.05) is 30.0 Å². The lowest BCUT2D eigenvalue weighted by molar-refractivity contribution is -0.121. The molecule has 5 heteroatoms. The first-order valence-electron chi connectivity index (χ1n) is 8.63. The number of hydrogen-bond donors (Lipinski definition) is 1. The minimum absolute atomic E-state index is 0.0119. The molecular weight excluding hydrogens is 348 g/mol. The summed E-state index contributed by atoms with van der Waals surface area (Å²) in [6, 6.07) is 15.7. The molecule has 134 valence electrons. The van der Waals surface area contributed by atoms with E-state index in [1.54, 1.807) is 6.20 Å². The van der Waals surface area contributed by atoms with Gasteiger partial charge < -0.3 is 9.73 Å². The van der Waals surface area contributed by atoms with Crippen molar-refractivity contribution in [3.8, 4) is 11.3 Å². The van der Waals surface area contributed by atoms with Crippen molar-refractivity contribution in [2.45, 2.75) is 26.2 Å². The van der Waals surface area contributed by atoms with Crippen molar-refractivity contribution in [1.29, 1.82) is 0 Å². The predicted molar refractivity (Wildman–Crippen MR) is 103 cm³/mol. The second-order valence-electron chi connectivity index (χ2n) is 6.21. The Hall–Kier alpha value is -2.59. The van der Waals surface area contributed by atoms with Gasteiger partial charge in [0.15, 0.2) is 11.7 Å². The Kier molecular flexibility index (Phi) is 6.08. The molecule has 4 nitrogen and oxygen atoms in total. The van der Waals surface area contributed by atoms with E-state index in [0.29, 0.717) is 30.3 Å². The number of nitrogens with zero attached hydrogens (tertiary/aromatic N) is 1. The zero-order chi connectivity index (χ0) is 18.4. The smallest absolute Gasteiger partial charge is 0.220 e. The lowest BCUT2D eigenvalue weighted by Crippen LogP contribution is -2.25. The molecule has 1 amide bonds. The van der Waals surface area contributed by atoms with Crippen LogP contribution >= 0.6 is 11.6 Å². The molecule has 1 N–H and O–H groups in total. The lowest BCUT2D eigenvalue weighted by atomic mass is 10.1. The fourth-order valence-electron chi connectivity index (χ4n) is 2.62. The van der Waals surface area contributed by atoms with Gasteiger partial charge in [-0.1, -0.05) is 53.6 Å². The van der Waals surface area contributed by atoms with Crippen molar-refractivity contribution in [1.82, 2.24) is 10.3 Å². The maximum atomic E-state index is 12.0. The summed E-state index contributed by atoms with van der Waals surface area (Å²) in [6.45, 7) is 2.62. The number of carbonyl (C=O) groups is 1. The van der Waals surface area contributed by atoms with Crippen LogP contribution in [0.3, 0.4) is 0 Å². The van der Waals surface area contributed by atoms with E-state index in [1.165, 1.54) is 5.56 Å². The molecule has 2 aromatic carbocycles. The van der Waals surface area contributed by atoms with E-state index in [2.05, 4.69) is 10.3 Å². The largest absolute Gasteiger partial charge is 0.441 e. The second-order valence-corrected chi connectivity index (χ2v) is 6.65. The lowest BCUT2D eigenvalue weighted by Gasteiger charge is -2.05. The SMILES string of the molecule is Cc1ccc(-c2cnc(CCC(=O)NCCc3cccc(Cl)c3)o2)cc1. The second kappa shape index (κ2) is 8.68. The maximum absolute atomic E-state index is 12.0. The first kappa shape index (κ1) is 18.2. The number of amides is 1. The Morgan fingerprint density at radius 1 is 1.15 bits per heavy atom. The van der Waals surface area contributed by atoms with Crippen molar-refractivity contribution in [3.63, 3.8) is 0 Å². The third-order valence-corrected chi connectivity index (χ3v) is 4.32. The molecule has 3 rings (SSSR count). The summed E-state index contributed by atoms with van der Waals surface area (Å²) in [5, 5.41) is 3.62. The Morgan fingerprint density at radius 2 is 1.96 bits per heavy atom. The van der Waals surface area contributed by atoms with Gasteiger partial charge in [0.25, 0.3) is 0 Å². The quantitative estimate of drug-likeness (QED) is 0.663. The van der Waals surface area contributed by atoms with Crippen LogP contribution < -0.4 is 5.32 Å². The number of carbonyl (C=O) groups excluding carboxylic acids is 1. The summed E-state index contributed by atoms with van der Waals surface area (Å²) in [6.07, 6.45) is 3.29. The van der Waals surface area contributed by atoms with Crippen molar-refractivity contribution >= 4 is 17.5 Å². The predicted octanol–water partition coefficient (Wildman–Crippen LogP) is 4.59. The van der Waals surface area contributed by atoms with Crippen LogP contribution in [0.2, 0.25) is 5.02 Å². The van der Waals surface area contributed by atoms with Gasteiger partial charge in [0.2, 0.25) is 5.91 Å². The summed E-state index contributed by atoms with van der Waals surface area (Å²) in [5.41, 5.74) is 3.29. The highest BCUT2D eigenvalue weighted by Crippen LogP contribution is 2.21. The van der Waals surface area contributed by atoms with Gasteiger partial charge in [-0.25, -0.2) is 4.98 Å². The van der Waals surface area contributed by atoms with Crippen molar-refractivity contribution in [3.05, 3.63) is 76.8 Å². The van der Waals surface area contributed by atoms with Gasteiger partial charge in [-0.05, 0) is 31.0 Å². The Balaban J connectivity index is 1.44. The van der Waals surface area contributed by atoms with Gasteiger partial charge in [-0.3, -0.25) is 4.79 Å². The number of aryl methyl sites for hydroxylation is 2. The summed E-state index contributed by atoms with van der Waals surface area (Å²) in [4.78, 5) is 16.2. The number of benzene rings is 2. The molecular formula is C21H21ClN2O2. The van der Waals surface area contributed by atoms with E-state index in [0.717, 1.165) is 23.3 Å². The molecule has 0 radical (unpaired) electrons. The van der Waals surface area contributed by atoms with E-state index in [1.807, 2.05) is 55.5 Å². The Morgan fingerprint density at radius 3 is 2.73 bits per heavy atom. The molecule has 0 atom stereocenters. The van der Waals surface area contributed by atoms with Gasteiger partial charge in [0.05, 0.1) is 6.20 Å². The topological polar surface area (TPSA) is 55.1 Å². The maximum Gasteiger partial charge on any atom is 0.220 e. The normalized spacial score (nSPS) is 10.7. The molecule has 1 aromatic heterocycles. The van der Waals surface area contributed by atoms with Crippen LogP contribution in [0.15, 0.2) is 59.1 Å². The summed E-state index contributed by atoms with van der Waals surface area (Å²) >= 11 is 5.95. The van der Waals surface area contributed by atoms with Gasteiger partial charge >= 0.3 is 0 Å².